The number of ether oxygens (including phenoxy) is 1. The molecule has 20 heavy (non-hydrogen) atoms. The highest BCUT2D eigenvalue weighted by Gasteiger charge is 2.11. The van der Waals surface area contributed by atoms with Gasteiger partial charge in [-0.15, -0.1) is 0 Å². The van der Waals surface area contributed by atoms with Gasteiger partial charge >= 0.3 is 5.97 Å². The molecular formula is C15H10ClNO3. The quantitative estimate of drug-likeness (QED) is 0.926. The first-order valence-corrected chi connectivity index (χ1v) is 6.10. The van der Waals surface area contributed by atoms with E-state index in [1.807, 2.05) is 13.0 Å². The third kappa shape index (κ3) is 2.90. The minimum atomic E-state index is -1.09. The number of nitriles is 1. The Balaban J connectivity index is 2.39. The normalized spacial score (nSPS) is 9.85. The fourth-order valence-electron chi connectivity index (χ4n) is 1.69. The smallest absolute Gasteiger partial charge is 0.335 e. The number of rotatable bonds is 3. The van der Waals surface area contributed by atoms with Crippen LogP contribution in [0.25, 0.3) is 0 Å². The summed E-state index contributed by atoms with van der Waals surface area (Å²) in [6, 6.07) is 11.2. The van der Waals surface area contributed by atoms with Crippen molar-refractivity contribution in [3.63, 3.8) is 0 Å². The second-order valence-corrected chi connectivity index (χ2v) is 4.58. The summed E-state index contributed by atoms with van der Waals surface area (Å²) in [5, 5.41) is 18.6. The summed E-state index contributed by atoms with van der Waals surface area (Å²) < 4.78 is 5.65. The van der Waals surface area contributed by atoms with Crippen LogP contribution < -0.4 is 4.74 Å². The number of hydrogen-bond donors (Lipinski definition) is 1. The maximum atomic E-state index is 10.9. The van der Waals surface area contributed by atoms with E-state index >= 15 is 0 Å². The monoisotopic (exact) mass is 287 g/mol. The number of carboxylic acids is 1. The van der Waals surface area contributed by atoms with Crippen LogP contribution in [0.2, 0.25) is 5.02 Å². The first-order chi connectivity index (χ1) is 9.51. The van der Waals surface area contributed by atoms with Crippen molar-refractivity contribution in [2.45, 2.75) is 6.92 Å². The number of nitrogens with zero attached hydrogens (tertiary/aromatic N) is 1. The maximum absolute atomic E-state index is 10.9. The van der Waals surface area contributed by atoms with Gasteiger partial charge in [0.2, 0.25) is 0 Å². The van der Waals surface area contributed by atoms with Gasteiger partial charge in [-0.3, -0.25) is 0 Å². The number of aromatic carboxylic acids is 1. The SMILES string of the molecule is Cc1cc(Cl)ccc1Oc1ccc(C(=O)O)cc1C#N. The summed E-state index contributed by atoms with van der Waals surface area (Å²) in [6.45, 7) is 1.83. The van der Waals surface area contributed by atoms with E-state index in [1.165, 1.54) is 18.2 Å². The third-order valence-electron chi connectivity index (χ3n) is 2.70. The number of carbonyl (C=O) groups is 1. The Labute approximate surface area is 120 Å². The summed E-state index contributed by atoms with van der Waals surface area (Å²) >= 11 is 5.86. The summed E-state index contributed by atoms with van der Waals surface area (Å²) in [5.41, 5.74) is 1.03. The molecule has 0 radical (unpaired) electrons. The van der Waals surface area contributed by atoms with Gasteiger partial charge in [0, 0.05) is 5.02 Å². The van der Waals surface area contributed by atoms with E-state index in [0.717, 1.165) is 5.56 Å². The molecule has 0 aliphatic rings. The molecule has 0 amide bonds. The van der Waals surface area contributed by atoms with Crippen molar-refractivity contribution in [3.05, 3.63) is 58.1 Å². The minimum Gasteiger partial charge on any atom is -0.478 e. The molecule has 0 fully saturated rings. The van der Waals surface area contributed by atoms with E-state index in [2.05, 4.69) is 0 Å². The fourth-order valence-corrected chi connectivity index (χ4v) is 1.91. The Morgan fingerprint density at radius 1 is 1.25 bits per heavy atom. The van der Waals surface area contributed by atoms with Crippen molar-refractivity contribution in [3.8, 4) is 17.6 Å². The largest absolute Gasteiger partial charge is 0.478 e. The van der Waals surface area contributed by atoms with Crippen molar-refractivity contribution in [2.24, 2.45) is 0 Å². The molecule has 0 heterocycles. The second kappa shape index (κ2) is 5.64. The maximum Gasteiger partial charge on any atom is 0.335 e. The first kappa shape index (κ1) is 13.9. The first-order valence-electron chi connectivity index (χ1n) is 5.72. The molecular weight excluding hydrogens is 278 g/mol. The second-order valence-electron chi connectivity index (χ2n) is 4.14. The van der Waals surface area contributed by atoms with E-state index in [-0.39, 0.29) is 11.1 Å². The summed E-state index contributed by atoms with van der Waals surface area (Å²) in [4.78, 5) is 10.9. The molecule has 0 unspecified atom stereocenters. The van der Waals surface area contributed by atoms with E-state index in [1.54, 1.807) is 18.2 Å². The minimum absolute atomic E-state index is 0.0433. The van der Waals surface area contributed by atoms with Gasteiger partial charge in [-0.05, 0) is 48.9 Å². The van der Waals surface area contributed by atoms with Gasteiger partial charge in [0.05, 0.1) is 11.1 Å². The Kier molecular flexibility index (Phi) is 3.92. The van der Waals surface area contributed by atoms with E-state index in [0.29, 0.717) is 16.5 Å². The van der Waals surface area contributed by atoms with Crippen molar-refractivity contribution in [1.29, 1.82) is 5.26 Å². The van der Waals surface area contributed by atoms with Crippen molar-refractivity contribution >= 4 is 17.6 Å². The highest BCUT2D eigenvalue weighted by atomic mass is 35.5. The van der Waals surface area contributed by atoms with Gasteiger partial charge in [0.15, 0.2) is 0 Å². The molecule has 5 heteroatoms. The van der Waals surface area contributed by atoms with Crippen molar-refractivity contribution < 1.29 is 14.6 Å². The molecule has 0 aliphatic carbocycles. The fraction of sp³-hybridized carbons (Fsp3) is 0.0667. The van der Waals surface area contributed by atoms with Crippen LogP contribution in [0.1, 0.15) is 21.5 Å². The number of halogens is 1. The molecule has 0 aliphatic heterocycles. The van der Waals surface area contributed by atoms with Crippen LogP contribution in [0, 0.1) is 18.3 Å². The molecule has 4 nitrogen and oxygen atoms in total. The van der Waals surface area contributed by atoms with Crippen LogP contribution in [0.3, 0.4) is 0 Å². The van der Waals surface area contributed by atoms with E-state index in [9.17, 15) is 4.79 Å². The molecule has 0 saturated heterocycles. The average molecular weight is 288 g/mol. The molecule has 100 valence electrons. The van der Waals surface area contributed by atoms with Gasteiger partial charge in [0.25, 0.3) is 0 Å². The van der Waals surface area contributed by atoms with Crippen molar-refractivity contribution in [2.75, 3.05) is 0 Å². The van der Waals surface area contributed by atoms with Gasteiger partial charge in [-0.25, -0.2) is 4.79 Å². The Morgan fingerprint density at radius 3 is 2.55 bits per heavy atom. The Bertz CT molecular complexity index is 720. The lowest BCUT2D eigenvalue weighted by Crippen LogP contribution is -1.98. The molecule has 2 aromatic rings. The lowest BCUT2D eigenvalue weighted by Gasteiger charge is -2.10. The van der Waals surface area contributed by atoms with Gasteiger partial charge in [-0.2, -0.15) is 5.26 Å². The van der Waals surface area contributed by atoms with Crippen LogP contribution >= 0.6 is 11.6 Å². The average Bonchev–Trinajstić information content (AvgIpc) is 2.42. The lowest BCUT2D eigenvalue weighted by atomic mass is 10.1. The Hall–Kier alpha value is -2.51. The van der Waals surface area contributed by atoms with E-state index in [4.69, 9.17) is 26.7 Å². The lowest BCUT2D eigenvalue weighted by molar-refractivity contribution is 0.0697. The van der Waals surface area contributed by atoms with Crippen LogP contribution in [0.4, 0.5) is 0 Å². The zero-order chi connectivity index (χ0) is 14.7. The molecule has 0 atom stereocenters. The third-order valence-corrected chi connectivity index (χ3v) is 2.94. The van der Waals surface area contributed by atoms with Gasteiger partial charge in [-0.1, -0.05) is 11.6 Å². The topological polar surface area (TPSA) is 70.3 Å². The molecule has 0 spiro atoms. The van der Waals surface area contributed by atoms with Crippen LogP contribution in [0.5, 0.6) is 11.5 Å². The van der Waals surface area contributed by atoms with Crippen LogP contribution in [-0.2, 0) is 0 Å². The highest BCUT2D eigenvalue weighted by Crippen LogP contribution is 2.29. The molecule has 2 rings (SSSR count). The number of hydrogen-bond acceptors (Lipinski definition) is 3. The van der Waals surface area contributed by atoms with Gasteiger partial charge < -0.3 is 9.84 Å². The zero-order valence-corrected chi connectivity index (χ0v) is 11.3. The number of carboxylic acid groups (broad SMARTS) is 1. The summed E-state index contributed by atoms with van der Waals surface area (Å²) in [5.74, 6) is -0.215. The van der Waals surface area contributed by atoms with E-state index < -0.39 is 5.97 Å². The molecule has 0 aromatic heterocycles. The molecule has 0 saturated carbocycles. The van der Waals surface area contributed by atoms with Crippen LogP contribution in [0.15, 0.2) is 36.4 Å². The standard InChI is InChI=1S/C15H10ClNO3/c1-9-6-12(16)3-5-13(9)20-14-4-2-10(15(18)19)7-11(14)8-17/h2-7H,1H3,(H,18,19). The molecule has 1 N–H and O–H groups in total. The van der Waals surface area contributed by atoms with Gasteiger partial charge in [0.1, 0.15) is 17.6 Å². The Morgan fingerprint density at radius 2 is 1.95 bits per heavy atom. The number of benzene rings is 2. The van der Waals surface area contributed by atoms with Crippen molar-refractivity contribution in [1.82, 2.24) is 0 Å². The zero-order valence-electron chi connectivity index (χ0n) is 10.6. The predicted octanol–water partition coefficient (Wildman–Crippen LogP) is 4.01. The van der Waals surface area contributed by atoms with Crippen LogP contribution in [-0.4, -0.2) is 11.1 Å². The number of aryl methyl sites for hydroxylation is 1. The predicted molar refractivity (Wildman–Crippen MR) is 74.4 cm³/mol. The molecule has 2 aromatic carbocycles. The summed E-state index contributed by atoms with van der Waals surface area (Å²) in [7, 11) is 0. The summed E-state index contributed by atoms with van der Waals surface area (Å²) in [6.07, 6.45) is 0. The molecule has 0 bridgehead atoms. The highest BCUT2D eigenvalue weighted by molar-refractivity contribution is 6.30.